The molecule has 0 bridgehead atoms. The highest BCUT2D eigenvalue weighted by atomic mass is 16.6. The first kappa shape index (κ1) is 26.8. The smallest absolute Gasteiger partial charge is 0.413 e. The van der Waals surface area contributed by atoms with Crippen molar-refractivity contribution in [2.24, 2.45) is 46.3 Å². The number of carbonyl (C=O) groups excluding carboxylic acids is 1. The Labute approximate surface area is 225 Å². The summed E-state index contributed by atoms with van der Waals surface area (Å²) >= 11 is 0. The predicted molar refractivity (Wildman–Crippen MR) is 151 cm³/mol. The molecule has 1 aromatic rings. The zero-order chi connectivity index (χ0) is 26.2. The molecule has 204 valence electrons. The summed E-state index contributed by atoms with van der Waals surface area (Å²) in [4.78, 5) is 16.7. The quantitative estimate of drug-likeness (QED) is 0.375. The lowest BCUT2D eigenvalue weighted by Crippen LogP contribution is -2.51. The summed E-state index contributed by atoms with van der Waals surface area (Å²) in [6, 6.07) is 5.50. The maximum Gasteiger partial charge on any atom is 0.413 e. The van der Waals surface area contributed by atoms with Crippen molar-refractivity contribution < 1.29 is 9.53 Å². The molecule has 3 fully saturated rings. The van der Waals surface area contributed by atoms with Crippen molar-refractivity contribution in [3.8, 4) is 0 Å². The third kappa shape index (κ3) is 5.23. The summed E-state index contributed by atoms with van der Waals surface area (Å²) in [5.41, 5.74) is 2.38. The van der Waals surface area contributed by atoms with Gasteiger partial charge in [-0.05, 0) is 103 Å². The number of carbonyl (C=O) groups is 1. The fourth-order valence-electron chi connectivity index (χ4n) is 9.47. The zero-order valence-corrected chi connectivity index (χ0v) is 24.0. The Hall–Kier alpha value is -1.84. The topological polar surface area (TPSA) is 51.2 Å². The Morgan fingerprint density at radius 1 is 1.08 bits per heavy atom. The van der Waals surface area contributed by atoms with Crippen molar-refractivity contribution in [1.29, 1.82) is 0 Å². The van der Waals surface area contributed by atoms with E-state index in [1.54, 1.807) is 17.8 Å². The second kappa shape index (κ2) is 10.7. The number of fused-ring (bicyclic) bond motifs is 5. The lowest BCUT2D eigenvalue weighted by atomic mass is 9.47. The molecular weight excluding hydrogens is 456 g/mol. The summed E-state index contributed by atoms with van der Waals surface area (Å²) < 4.78 is 5.87. The number of hydrogen-bond donors (Lipinski definition) is 1. The number of anilines is 1. The van der Waals surface area contributed by atoms with Gasteiger partial charge < -0.3 is 4.74 Å². The second-order valence-electron chi connectivity index (χ2n) is 13.9. The SMILES string of the molecule is CC(C)CCC[C@@H](C)[C@H]1CC[C@H]2[C@@H]3CC=C4C[C@@H](OC(=O)Nc5ccccn5)CC[C@]4(C)[C@H]3CC[C@]12C. The maximum atomic E-state index is 12.5. The van der Waals surface area contributed by atoms with Crippen molar-refractivity contribution in [3.63, 3.8) is 0 Å². The molecule has 0 saturated heterocycles. The fraction of sp³-hybridized carbons (Fsp3) is 0.758. The molecule has 37 heavy (non-hydrogen) atoms. The number of nitrogens with zero attached hydrogens (tertiary/aromatic N) is 1. The van der Waals surface area contributed by atoms with Gasteiger partial charge in [0.05, 0.1) is 0 Å². The molecule has 1 amide bonds. The molecule has 4 aliphatic rings. The second-order valence-corrected chi connectivity index (χ2v) is 13.9. The fourth-order valence-corrected chi connectivity index (χ4v) is 9.47. The van der Waals surface area contributed by atoms with Gasteiger partial charge in [0.1, 0.15) is 11.9 Å². The first-order valence-electron chi connectivity index (χ1n) is 15.3. The highest BCUT2D eigenvalue weighted by molar-refractivity contribution is 5.83. The molecule has 0 spiro atoms. The van der Waals surface area contributed by atoms with Crippen LogP contribution >= 0.6 is 0 Å². The average Bonchev–Trinajstić information content (AvgIpc) is 3.22. The van der Waals surface area contributed by atoms with Crippen LogP contribution in [-0.4, -0.2) is 17.2 Å². The van der Waals surface area contributed by atoms with E-state index in [2.05, 4.69) is 51.0 Å². The Bertz CT molecular complexity index is 974. The summed E-state index contributed by atoms with van der Waals surface area (Å²) in [6.45, 7) is 12.5. The van der Waals surface area contributed by atoms with Crippen LogP contribution in [-0.2, 0) is 4.74 Å². The third-order valence-electron chi connectivity index (χ3n) is 11.4. The van der Waals surface area contributed by atoms with Crippen molar-refractivity contribution in [3.05, 3.63) is 36.0 Å². The van der Waals surface area contributed by atoms with Crippen LogP contribution in [0.5, 0.6) is 0 Å². The molecule has 4 nitrogen and oxygen atoms in total. The van der Waals surface area contributed by atoms with Crippen molar-refractivity contribution >= 4 is 11.9 Å². The number of aromatic nitrogens is 1. The van der Waals surface area contributed by atoms with Crippen LogP contribution in [0.15, 0.2) is 36.0 Å². The van der Waals surface area contributed by atoms with E-state index >= 15 is 0 Å². The molecular formula is C33H50N2O2. The number of pyridine rings is 1. The molecule has 1 aromatic heterocycles. The minimum Gasteiger partial charge on any atom is -0.446 e. The van der Waals surface area contributed by atoms with Crippen molar-refractivity contribution in [2.45, 2.75) is 111 Å². The summed E-state index contributed by atoms with van der Waals surface area (Å²) in [5.74, 6) is 5.66. The predicted octanol–water partition coefficient (Wildman–Crippen LogP) is 9.04. The molecule has 0 unspecified atom stereocenters. The van der Waals surface area contributed by atoms with Crippen LogP contribution in [0.4, 0.5) is 10.6 Å². The molecule has 1 N–H and O–H groups in total. The lowest BCUT2D eigenvalue weighted by molar-refractivity contribution is -0.0577. The minimum atomic E-state index is -0.380. The van der Waals surface area contributed by atoms with Crippen LogP contribution in [0.1, 0.15) is 105 Å². The summed E-state index contributed by atoms with van der Waals surface area (Å²) in [7, 11) is 0. The Morgan fingerprint density at radius 3 is 2.68 bits per heavy atom. The van der Waals surface area contributed by atoms with Gasteiger partial charge in [0.25, 0.3) is 0 Å². The molecule has 0 radical (unpaired) electrons. The van der Waals surface area contributed by atoms with Gasteiger partial charge in [-0.15, -0.1) is 0 Å². The largest absolute Gasteiger partial charge is 0.446 e. The molecule has 4 heteroatoms. The van der Waals surface area contributed by atoms with Crippen molar-refractivity contribution in [1.82, 2.24) is 4.98 Å². The van der Waals surface area contributed by atoms with Crippen LogP contribution in [0.3, 0.4) is 0 Å². The van der Waals surface area contributed by atoms with Gasteiger partial charge in [-0.2, -0.15) is 0 Å². The number of rotatable bonds is 7. The molecule has 4 aliphatic carbocycles. The Balaban J connectivity index is 1.22. The van der Waals surface area contributed by atoms with Crippen LogP contribution in [0.25, 0.3) is 0 Å². The average molecular weight is 507 g/mol. The molecule has 5 rings (SSSR count). The first-order chi connectivity index (χ1) is 17.7. The molecule has 0 aliphatic heterocycles. The maximum absolute atomic E-state index is 12.5. The van der Waals surface area contributed by atoms with Crippen LogP contribution in [0, 0.1) is 46.3 Å². The van der Waals surface area contributed by atoms with Gasteiger partial charge in [0.15, 0.2) is 0 Å². The van der Waals surface area contributed by atoms with E-state index in [9.17, 15) is 4.79 Å². The molecule has 3 saturated carbocycles. The first-order valence-corrected chi connectivity index (χ1v) is 15.3. The number of allylic oxidation sites excluding steroid dienone is 1. The monoisotopic (exact) mass is 506 g/mol. The molecule has 1 heterocycles. The minimum absolute atomic E-state index is 0.0315. The van der Waals surface area contributed by atoms with Crippen molar-refractivity contribution in [2.75, 3.05) is 5.32 Å². The summed E-state index contributed by atoms with van der Waals surface area (Å²) in [6.07, 6.45) is 17.9. The van der Waals surface area contributed by atoms with Gasteiger partial charge in [-0.3, -0.25) is 5.32 Å². The normalized spacial score (nSPS) is 37.7. The van der Waals surface area contributed by atoms with E-state index in [0.29, 0.717) is 11.2 Å². The number of hydrogen-bond acceptors (Lipinski definition) is 3. The van der Waals surface area contributed by atoms with Crippen LogP contribution in [0.2, 0.25) is 0 Å². The van der Waals surface area contributed by atoms with E-state index in [4.69, 9.17) is 4.74 Å². The Kier molecular flexibility index (Phi) is 7.76. The zero-order valence-electron chi connectivity index (χ0n) is 24.0. The van der Waals surface area contributed by atoms with Gasteiger partial charge in [0.2, 0.25) is 0 Å². The van der Waals surface area contributed by atoms with Gasteiger partial charge >= 0.3 is 6.09 Å². The summed E-state index contributed by atoms with van der Waals surface area (Å²) in [5, 5.41) is 2.78. The van der Waals surface area contributed by atoms with E-state index in [-0.39, 0.29) is 17.6 Å². The molecule has 8 atom stereocenters. The van der Waals surface area contributed by atoms with E-state index in [1.807, 2.05) is 12.1 Å². The number of ether oxygens (including phenoxy) is 1. The number of nitrogens with one attached hydrogen (secondary N) is 1. The third-order valence-corrected chi connectivity index (χ3v) is 11.4. The standard InChI is InChI=1S/C33H50N2O2/c1-22(2)9-8-10-23(3)27-14-15-28-26-13-12-24-21-25(37-31(36)35-30-11-6-7-20-34-30)16-18-32(24,4)29(26)17-19-33(27,28)5/h6-7,11-12,20,22-23,25-29H,8-10,13-19,21H2,1-5H3,(H,34,35,36)/t23-,25+,26+,27-,28+,29+,32+,33-/m1/s1. The molecule has 0 aromatic carbocycles. The highest BCUT2D eigenvalue weighted by Gasteiger charge is 2.59. The van der Waals surface area contributed by atoms with Gasteiger partial charge in [-0.1, -0.05) is 71.6 Å². The van der Waals surface area contributed by atoms with E-state index in [0.717, 1.165) is 54.8 Å². The van der Waals surface area contributed by atoms with Gasteiger partial charge in [0, 0.05) is 12.6 Å². The van der Waals surface area contributed by atoms with E-state index < -0.39 is 0 Å². The van der Waals surface area contributed by atoms with Gasteiger partial charge in [-0.25, -0.2) is 9.78 Å². The highest BCUT2D eigenvalue weighted by Crippen LogP contribution is 2.67. The Morgan fingerprint density at radius 2 is 1.92 bits per heavy atom. The van der Waals surface area contributed by atoms with Crippen LogP contribution < -0.4 is 5.32 Å². The lowest BCUT2D eigenvalue weighted by Gasteiger charge is -2.58. The van der Waals surface area contributed by atoms with E-state index in [1.165, 1.54) is 51.4 Å². The number of amides is 1.